The van der Waals surface area contributed by atoms with Gasteiger partial charge in [0, 0.05) is 12.6 Å². The summed E-state index contributed by atoms with van der Waals surface area (Å²) in [5.74, 6) is -0.968. The standard InChI is InChI=1S/C13H14N2O5/c1-2-7-14-13(18)15-11(16)9-20-12(17)6-5-10-4-3-8-19-10/h2-6,8H,1,7,9H2,(H2,14,15,16,18)/b6-5+. The summed E-state index contributed by atoms with van der Waals surface area (Å²) < 4.78 is 9.59. The molecule has 1 aromatic heterocycles. The molecule has 7 nitrogen and oxygen atoms in total. The van der Waals surface area contributed by atoms with Crippen molar-refractivity contribution in [3.8, 4) is 0 Å². The maximum Gasteiger partial charge on any atom is 0.331 e. The van der Waals surface area contributed by atoms with Gasteiger partial charge in [0.25, 0.3) is 5.91 Å². The molecule has 0 atom stereocenters. The Morgan fingerprint density at radius 1 is 1.40 bits per heavy atom. The Bertz CT molecular complexity index is 505. The van der Waals surface area contributed by atoms with Gasteiger partial charge in [0.1, 0.15) is 5.76 Å². The number of hydrogen-bond donors (Lipinski definition) is 2. The molecule has 0 saturated heterocycles. The minimum absolute atomic E-state index is 0.227. The Kier molecular flexibility index (Phi) is 6.32. The van der Waals surface area contributed by atoms with Crippen molar-refractivity contribution in [2.45, 2.75) is 0 Å². The van der Waals surface area contributed by atoms with Crippen LogP contribution in [0.5, 0.6) is 0 Å². The Hall–Kier alpha value is -2.83. The van der Waals surface area contributed by atoms with E-state index in [2.05, 4.69) is 16.6 Å². The summed E-state index contributed by atoms with van der Waals surface area (Å²) in [6.45, 7) is 3.08. The molecule has 3 amide bonds. The number of nitrogens with one attached hydrogen (secondary N) is 2. The second-order valence-electron chi connectivity index (χ2n) is 3.50. The van der Waals surface area contributed by atoms with Crippen molar-refractivity contribution in [3.05, 3.63) is 42.9 Å². The maximum absolute atomic E-state index is 11.3. The Labute approximate surface area is 115 Å². The number of esters is 1. The number of carbonyl (C=O) groups excluding carboxylic acids is 3. The van der Waals surface area contributed by atoms with Crippen molar-refractivity contribution in [1.29, 1.82) is 0 Å². The van der Waals surface area contributed by atoms with Gasteiger partial charge in [-0.15, -0.1) is 6.58 Å². The van der Waals surface area contributed by atoms with E-state index in [0.29, 0.717) is 5.76 Å². The Balaban J connectivity index is 2.25. The van der Waals surface area contributed by atoms with Gasteiger partial charge >= 0.3 is 12.0 Å². The van der Waals surface area contributed by atoms with E-state index in [-0.39, 0.29) is 6.54 Å². The number of amides is 3. The summed E-state index contributed by atoms with van der Waals surface area (Å²) in [6, 6.07) is 2.64. The highest BCUT2D eigenvalue weighted by molar-refractivity contribution is 5.96. The van der Waals surface area contributed by atoms with Gasteiger partial charge in [-0.05, 0) is 18.2 Å². The van der Waals surface area contributed by atoms with Gasteiger partial charge in [0.2, 0.25) is 0 Å². The number of imide groups is 1. The van der Waals surface area contributed by atoms with E-state index in [1.54, 1.807) is 12.1 Å². The third-order valence-corrected chi connectivity index (χ3v) is 1.93. The van der Waals surface area contributed by atoms with E-state index >= 15 is 0 Å². The largest absolute Gasteiger partial charge is 0.465 e. The van der Waals surface area contributed by atoms with E-state index in [1.165, 1.54) is 18.4 Å². The molecule has 0 saturated carbocycles. The number of furan rings is 1. The third-order valence-electron chi connectivity index (χ3n) is 1.93. The molecule has 20 heavy (non-hydrogen) atoms. The Morgan fingerprint density at radius 2 is 2.20 bits per heavy atom. The van der Waals surface area contributed by atoms with E-state index in [9.17, 15) is 14.4 Å². The molecular formula is C13H14N2O5. The summed E-state index contributed by atoms with van der Waals surface area (Å²) in [7, 11) is 0. The fraction of sp³-hybridized carbons (Fsp3) is 0.154. The average molecular weight is 278 g/mol. The predicted octanol–water partition coefficient (Wildman–Crippen LogP) is 0.848. The van der Waals surface area contributed by atoms with Gasteiger partial charge in [-0.3, -0.25) is 10.1 Å². The molecule has 1 aromatic rings. The van der Waals surface area contributed by atoms with E-state index in [1.807, 2.05) is 5.32 Å². The van der Waals surface area contributed by atoms with Gasteiger partial charge < -0.3 is 14.5 Å². The normalized spacial score (nSPS) is 10.0. The van der Waals surface area contributed by atoms with Crippen LogP contribution in [0.4, 0.5) is 4.79 Å². The summed E-state index contributed by atoms with van der Waals surface area (Å²) in [5.41, 5.74) is 0. The van der Waals surface area contributed by atoms with Crippen molar-refractivity contribution in [3.63, 3.8) is 0 Å². The van der Waals surface area contributed by atoms with Crippen LogP contribution in [0.3, 0.4) is 0 Å². The monoisotopic (exact) mass is 278 g/mol. The van der Waals surface area contributed by atoms with E-state index < -0.39 is 24.5 Å². The average Bonchev–Trinajstić information content (AvgIpc) is 2.93. The van der Waals surface area contributed by atoms with Crippen molar-refractivity contribution < 1.29 is 23.5 Å². The molecule has 7 heteroatoms. The minimum Gasteiger partial charge on any atom is -0.465 e. The van der Waals surface area contributed by atoms with Gasteiger partial charge in [0.05, 0.1) is 6.26 Å². The molecule has 0 fully saturated rings. The Morgan fingerprint density at radius 3 is 2.85 bits per heavy atom. The SMILES string of the molecule is C=CCNC(=O)NC(=O)COC(=O)/C=C/c1ccco1. The molecule has 106 valence electrons. The van der Waals surface area contributed by atoms with Crippen molar-refractivity contribution in [1.82, 2.24) is 10.6 Å². The van der Waals surface area contributed by atoms with E-state index in [4.69, 9.17) is 4.42 Å². The van der Waals surface area contributed by atoms with Gasteiger partial charge in [-0.1, -0.05) is 6.08 Å². The molecule has 1 rings (SSSR count). The first-order valence-corrected chi connectivity index (χ1v) is 5.68. The molecule has 0 aliphatic carbocycles. The van der Waals surface area contributed by atoms with E-state index in [0.717, 1.165) is 6.08 Å². The molecule has 0 aliphatic rings. The smallest absolute Gasteiger partial charge is 0.331 e. The van der Waals surface area contributed by atoms with Crippen molar-refractivity contribution >= 4 is 24.0 Å². The van der Waals surface area contributed by atoms with Crippen molar-refractivity contribution in [2.75, 3.05) is 13.2 Å². The lowest BCUT2D eigenvalue weighted by Gasteiger charge is -2.04. The topological polar surface area (TPSA) is 97.6 Å². The summed E-state index contributed by atoms with van der Waals surface area (Å²) in [5, 5.41) is 4.32. The van der Waals surface area contributed by atoms with Crippen LogP contribution in [0.2, 0.25) is 0 Å². The van der Waals surface area contributed by atoms with Crippen molar-refractivity contribution in [2.24, 2.45) is 0 Å². The summed E-state index contributed by atoms with van der Waals surface area (Å²) >= 11 is 0. The molecule has 0 aliphatic heterocycles. The number of rotatable bonds is 6. The van der Waals surface area contributed by atoms with Crippen LogP contribution < -0.4 is 10.6 Å². The molecule has 0 unspecified atom stereocenters. The second kappa shape index (κ2) is 8.30. The van der Waals surface area contributed by atoms with Crippen LogP contribution in [-0.4, -0.2) is 31.1 Å². The lowest BCUT2D eigenvalue weighted by Crippen LogP contribution is -2.41. The summed E-state index contributed by atoms with van der Waals surface area (Å²) in [6.07, 6.45) is 5.44. The molecule has 2 N–H and O–H groups in total. The lowest BCUT2D eigenvalue weighted by atomic mass is 10.4. The van der Waals surface area contributed by atoms with Crippen LogP contribution in [-0.2, 0) is 14.3 Å². The number of hydrogen-bond acceptors (Lipinski definition) is 5. The van der Waals surface area contributed by atoms with Crippen LogP contribution in [0.1, 0.15) is 5.76 Å². The number of carbonyl (C=O) groups is 3. The van der Waals surface area contributed by atoms with Crippen LogP contribution >= 0.6 is 0 Å². The molecular weight excluding hydrogens is 264 g/mol. The first-order valence-electron chi connectivity index (χ1n) is 5.68. The maximum atomic E-state index is 11.3. The fourth-order valence-corrected chi connectivity index (χ4v) is 1.09. The molecule has 1 heterocycles. The zero-order valence-corrected chi connectivity index (χ0v) is 10.6. The summed E-state index contributed by atoms with van der Waals surface area (Å²) in [4.78, 5) is 33.6. The fourth-order valence-electron chi connectivity index (χ4n) is 1.09. The van der Waals surface area contributed by atoms with Gasteiger partial charge in [-0.2, -0.15) is 0 Å². The first-order chi connectivity index (χ1) is 9.61. The third kappa shape index (κ3) is 6.20. The van der Waals surface area contributed by atoms with Gasteiger partial charge in [-0.25, -0.2) is 9.59 Å². The second-order valence-corrected chi connectivity index (χ2v) is 3.50. The number of ether oxygens (including phenoxy) is 1. The quantitative estimate of drug-likeness (QED) is 0.456. The molecule has 0 spiro atoms. The predicted molar refractivity (Wildman–Crippen MR) is 70.4 cm³/mol. The minimum atomic E-state index is -0.730. The number of urea groups is 1. The highest BCUT2D eigenvalue weighted by Gasteiger charge is 2.08. The zero-order chi connectivity index (χ0) is 14.8. The van der Waals surface area contributed by atoms with Crippen LogP contribution in [0.15, 0.2) is 41.5 Å². The highest BCUT2D eigenvalue weighted by atomic mass is 16.5. The molecule has 0 radical (unpaired) electrons. The first kappa shape index (κ1) is 15.2. The van der Waals surface area contributed by atoms with Crippen LogP contribution in [0.25, 0.3) is 6.08 Å². The highest BCUT2D eigenvalue weighted by Crippen LogP contribution is 2.02. The molecule has 0 bridgehead atoms. The van der Waals surface area contributed by atoms with Gasteiger partial charge in [0.15, 0.2) is 6.61 Å². The zero-order valence-electron chi connectivity index (χ0n) is 10.6. The van der Waals surface area contributed by atoms with Crippen LogP contribution in [0, 0.1) is 0 Å². The lowest BCUT2D eigenvalue weighted by molar-refractivity contribution is -0.143. The molecule has 0 aromatic carbocycles.